The number of hydrogen-bond donors (Lipinski definition) is 4. The molecule has 0 saturated carbocycles. The van der Waals surface area contributed by atoms with E-state index in [2.05, 4.69) is 69.1 Å². The molecule has 0 unspecified atom stereocenters. The number of aromatic nitrogens is 5. The van der Waals surface area contributed by atoms with Gasteiger partial charge in [-0.25, -0.2) is 24.5 Å². The van der Waals surface area contributed by atoms with Gasteiger partial charge in [-0.05, 0) is 93.0 Å². The van der Waals surface area contributed by atoms with Crippen molar-refractivity contribution in [2.75, 3.05) is 47.1 Å². The summed E-state index contributed by atoms with van der Waals surface area (Å²) in [5, 5.41) is 8.75. The topological polar surface area (TPSA) is 189 Å². The van der Waals surface area contributed by atoms with Crippen LogP contribution in [-0.2, 0) is 36.7 Å². The van der Waals surface area contributed by atoms with Crippen molar-refractivity contribution >= 4 is 29.0 Å². The molecule has 1 aliphatic carbocycles. The first-order valence-electron chi connectivity index (χ1n) is 22.3. The van der Waals surface area contributed by atoms with E-state index in [0.29, 0.717) is 26.4 Å². The molecule has 16 heteroatoms. The normalized spacial score (nSPS) is 20.0. The number of methoxy groups -OCH3 is 2. The summed E-state index contributed by atoms with van der Waals surface area (Å²) in [7, 11) is 2.68. The van der Waals surface area contributed by atoms with Crippen molar-refractivity contribution in [3.8, 4) is 33.8 Å². The molecule has 6 heterocycles. The zero-order valence-corrected chi connectivity index (χ0v) is 36.4. The van der Waals surface area contributed by atoms with Crippen LogP contribution in [0, 0.1) is 11.8 Å². The van der Waals surface area contributed by atoms with E-state index in [1.165, 1.54) is 19.8 Å². The Balaban J connectivity index is 0.872. The number of likely N-dealkylation sites (tertiary alicyclic amines) is 1. The number of nitrogens with one attached hydrogen (secondary N) is 4. The summed E-state index contributed by atoms with van der Waals surface area (Å²) in [4.78, 5) is 68.4. The molecule has 4 atom stereocenters. The zero-order chi connectivity index (χ0) is 43.6. The first-order valence-corrected chi connectivity index (χ1v) is 22.3. The molecule has 4 N–H and O–H groups in total. The highest BCUT2D eigenvalue weighted by Gasteiger charge is 2.39. The van der Waals surface area contributed by atoms with Crippen LogP contribution in [0.15, 0.2) is 54.7 Å². The van der Waals surface area contributed by atoms with Crippen molar-refractivity contribution in [2.45, 2.75) is 89.4 Å². The number of hydrogen-bond acceptors (Lipinski definition) is 11. The van der Waals surface area contributed by atoms with Gasteiger partial charge < -0.3 is 39.7 Å². The first kappa shape index (κ1) is 42.5. The predicted molar refractivity (Wildman–Crippen MR) is 235 cm³/mol. The number of carbonyl (C=O) groups excluding carboxylic acids is 3. The van der Waals surface area contributed by atoms with Crippen LogP contribution in [0.5, 0.6) is 0 Å². The monoisotopic (exact) mass is 859 g/mol. The van der Waals surface area contributed by atoms with Gasteiger partial charge in [0.25, 0.3) is 0 Å². The molecule has 0 radical (unpaired) electrons. The number of pyridine rings is 1. The van der Waals surface area contributed by atoms with Gasteiger partial charge in [0.2, 0.25) is 5.91 Å². The summed E-state index contributed by atoms with van der Waals surface area (Å²) in [6.07, 6.45) is 7.79. The van der Waals surface area contributed by atoms with Gasteiger partial charge >= 0.3 is 12.2 Å². The molecule has 0 spiro atoms. The number of carbonyl (C=O) groups is 3. The predicted octanol–water partition coefficient (Wildman–Crippen LogP) is 7.04. The van der Waals surface area contributed by atoms with Crippen LogP contribution in [0.4, 0.5) is 9.59 Å². The maximum Gasteiger partial charge on any atom is 0.407 e. The van der Waals surface area contributed by atoms with Crippen molar-refractivity contribution < 1.29 is 33.4 Å². The summed E-state index contributed by atoms with van der Waals surface area (Å²) in [5.41, 5.74) is 9.13. The highest BCUT2D eigenvalue weighted by molar-refractivity contribution is 5.87. The van der Waals surface area contributed by atoms with E-state index in [1.807, 2.05) is 30.0 Å². The molecule has 3 saturated heterocycles. The Labute approximate surface area is 366 Å². The Morgan fingerprint density at radius 2 is 1.62 bits per heavy atom. The van der Waals surface area contributed by atoms with E-state index in [1.54, 1.807) is 0 Å². The largest absolute Gasteiger partial charge is 0.453 e. The van der Waals surface area contributed by atoms with Crippen molar-refractivity contribution in [2.24, 2.45) is 11.8 Å². The van der Waals surface area contributed by atoms with E-state index in [-0.39, 0.29) is 35.9 Å². The number of hydroxylamine groups is 2. The number of ether oxygens (including phenoxy) is 3. The van der Waals surface area contributed by atoms with Gasteiger partial charge in [0.1, 0.15) is 17.7 Å². The second-order valence-corrected chi connectivity index (χ2v) is 17.4. The van der Waals surface area contributed by atoms with Gasteiger partial charge in [-0.3, -0.25) is 9.63 Å². The van der Waals surface area contributed by atoms with Crippen LogP contribution in [0.2, 0.25) is 0 Å². The highest BCUT2D eigenvalue weighted by Crippen LogP contribution is 2.39. The zero-order valence-electron chi connectivity index (χ0n) is 36.4. The highest BCUT2D eigenvalue weighted by atomic mass is 16.7. The summed E-state index contributed by atoms with van der Waals surface area (Å²) in [6.45, 7) is 6.94. The lowest BCUT2D eigenvalue weighted by Crippen LogP contribution is -2.51. The maximum atomic E-state index is 13.7. The molecule has 5 aromatic rings. The third-order valence-corrected chi connectivity index (χ3v) is 13.2. The molecule has 3 amide bonds. The van der Waals surface area contributed by atoms with Gasteiger partial charge in [-0.15, -0.1) is 0 Å². The van der Waals surface area contributed by atoms with E-state index in [0.717, 1.165) is 120 Å². The maximum absolute atomic E-state index is 13.7. The first-order chi connectivity index (χ1) is 30.7. The van der Waals surface area contributed by atoms with Crippen molar-refractivity contribution in [3.63, 3.8) is 0 Å². The molecule has 63 heavy (non-hydrogen) atoms. The van der Waals surface area contributed by atoms with E-state index in [4.69, 9.17) is 34.0 Å². The summed E-state index contributed by atoms with van der Waals surface area (Å²) >= 11 is 0. The summed E-state index contributed by atoms with van der Waals surface area (Å²) in [5.74, 6) is 1.68. The van der Waals surface area contributed by atoms with Crippen molar-refractivity contribution in [1.82, 2.24) is 45.5 Å². The quantitative estimate of drug-likeness (QED) is 0.101. The third-order valence-electron chi connectivity index (χ3n) is 13.2. The lowest BCUT2D eigenvalue weighted by Gasteiger charge is -2.32. The molecule has 332 valence electrons. The van der Waals surface area contributed by atoms with Crippen LogP contribution in [0.1, 0.15) is 87.4 Å². The summed E-state index contributed by atoms with van der Waals surface area (Å²) in [6, 6.07) is 15.9. The van der Waals surface area contributed by atoms with Crippen molar-refractivity contribution in [1.29, 1.82) is 0 Å². The smallest absolute Gasteiger partial charge is 0.407 e. The van der Waals surface area contributed by atoms with Crippen LogP contribution in [0.25, 0.3) is 44.7 Å². The van der Waals surface area contributed by atoms with Gasteiger partial charge in [0, 0.05) is 54.1 Å². The van der Waals surface area contributed by atoms with Gasteiger partial charge in [0.15, 0.2) is 0 Å². The molecule has 9 rings (SSSR count). The Morgan fingerprint density at radius 1 is 0.841 bits per heavy atom. The second kappa shape index (κ2) is 18.5. The number of benzene rings is 2. The SMILES string of the molecule is COC(=O)N[C@H](C(=O)N1CCC[C@H]1c1nc2c([nH]1)CCc1cc(-c3ccc4cc(-c5cnc([C@@H]6CCCN6OC[C@@H](NC(=O)OC)C6CCOCC6)[nH]5)ccc4n3)ccc1-2)C(C)C. The number of H-pyrrole nitrogens is 2. The average Bonchev–Trinajstić information content (AvgIpc) is 4.16. The van der Waals surface area contributed by atoms with Gasteiger partial charge in [-0.2, -0.15) is 5.06 Å². The fraction of sp³-hybridized carbons (Fsp3) is 0.489. The minimum Gasteiger partial charge on any atom is -0.453 e. The third kappa shape index (κ3) is 8.89. The van der Waals surface area contributed by atoms with E-state index < -0.39 is 18.2 Å². The number of rotatable bonds is 12. The van der Waals surface area contributed by atoms with Crippen molar-refractivity contribution in [3.05, 3.63) is 77.6 Å². The molecule has 3 aliphatic heterocycles. The number of aryl methyl sites for hydroxylation is 2. The molecular formula is C47H57N9O7. The van der Waals surface area contributed by atoms with Gasteiger partial charge in [0.05, 0.1) is 67.7 Å². The minimum atomic E-state index is -0.681. The lowest BCUT2D eigenvalue weighted by atomic mass is 9.90. The second-order valence-electron chi connectivity index (χ2n) is 17.4. The number of alkyl carbamates (subject to hydrolysis) is 2. The Kier molecular flexibility index (Phi) is 12.5. The molecule has 16 nitrogen and oxygen atoms in total. The Morgan fingerprint density at radius 3 is 2.43 bits per heavy atom. The molecule has 2 aromatic carbocycles. The number of nitrogens with zero attached hydrogens (tertiary/aromatic N) is 5. The fourth-order valence-electron chi connectivity index (χ4n) is 9.71. The standard InChI is InChI=1S/C47H57N9O7/c1-27(2)41(54-47(59)61-4)45(57)55-19-5-7-39(55)44-50-36-16-10-29-23-30(9-13-33(29)42(36)53-44)34-14-11-31-24-32(12-15-35(31)49-34)37-25-48-43(51-37)40-8-6-20-56(40)63-26-38(52-46(58)60-3)28-17-21-62-22-18-28/h9,11-15,23-25,27-28,38-41H,5-8,10,16-22,26H2,1-4H3,(H,48,51)(H,50,53)(H,52,58)(H,54,59)/t38-,39+,40+,41+/m1/s1. The van der Waals surface area contributed by atoms with Gasteiger partial charge in [-0.1, -0.05) is 38.1 Å². The van der Waals surface area contributed by atoms with E-state index in [9.17, 15) is 14.4 Å². The lowest BCUT2D eigenvalue weighted by molar-refractivity contribution is -0.180. The summed E-state index contributed by atoms with van der Waals surface area (Å²) < 4.78 is 15.3. The molecular weight excluding hydrogens is 803 g/mol. The fourth-order valence-corrected chi connectivity index (χ4v) is 9.71. The van der Waals surface area contributed by atoms with Crippen LogP contribution in [0.3, 0.4) is 0 Å². The Bertz CT molecular complexity index is 2460. The molecule has 0 bridgehead atoms. The van der Waals surface area contributed by atoms with Crippen LogP contribution >= 0.6 is 0 Å². The molecule has 3 aromatic heterocycles. The number of aromatic amines is 2. The van der Waals surface area contributed by atoms with Crippen LogP contribution < -0.4 is 10.6 Å². The Hall–Kier alpha value is -5.84. The number of amides is 3. The molecule has 4 aliphatic rings. The number of imidazole rings is 2. The average molecular weight is 860 g/mol. The van der Waals surface area contributed by atoms with Crippen LogP contribution in [-0.4, -0.2) is 112 Å². The van der Waals surface area contributed by atoms with E-state index >= 15 is 0 Å². The molecule has 3 fully saturated rings. The number of fused-ring (bicyclic) bond motifs is 4. The minimum absolute atomic E-state index is 0.0237.